The van der Waals surface area contributed by atoms with Crippen LogP contribution in [0.2, 0.25) is 0 Å². The Morgan fingerprint density at radius 1 is 1.32 bits per heavy atom. The molecule has 1 aliphatic carbocycles. The lowest BCUT2D eigenvalue weighted by atomic mass is 9.92. The van der Waals surface area contributed by atoms with Crippen LogP contribution in [0.15, 0.2) is 23.3 Å². The Kier molecular flexibility index (Phi) is 6.69. The summed E-state index contributed by atoms with van der Waals surface area (Å²) in [5.74, 6) is 0.516. The SMILES string of the molecule is C=C(/C=C(\C)Cl)C(NC(=O)NC1CCc2nnc(C(F)F)n2C1)C1CCCC1. The van der Waals surface area contributed by atoms with E-state index in [2.05, 4.69) is 27.4 Å². The normalized spacial score (nSPS) is 21.5. The molecular weight excluding hydrogens is 388 g/mol. The molecule has 2 aliphatic rings. The van der Waals surface area contributed by atoms with Crippen molar-refractivity contribution in [1.29, 1.82) is 0 Å². The van der Waals surface area contributed by atoms with E-state index in [1.165, 1.54) is 4.57 Å². The fraction of sp³-hybridized carbons (Fsp3) is 0.632. The van der Waals surface area contributed by atoms with Gasteiger partial charge in [-0.25, -0.2) is 13.6 Å². The van der Waals surface area contributed by atoms with Gasteiger partial charge in [0.25, 0.3) is 6.43 Å². The van der Waals surface area contributed by atoms with Crippen LogP contribution in [0.5, 0.6) is 0 Å². The van der Waals surface area contributed by atoms with Gasteiger partial charge in [0.05, 0.1) is 6.04 Å². The molecule has 0 spiro atoms. The van der Waals surface area contributed by atoms with E-state index in [4.69, 9.17) is 11.6 Å². The summed E-state index contributed by atoms with van der Waals surface area (Å²) in [4.78, 5) is 12.6. The number of hydrogen-bond donors (Lipinski definition) is 2. The van der Waals surface area contributed by atoms with E-state index in [1.54, 1.807) is 13.0 Å². The lowest BCUT2D eigenvalue weighted by Gasteiger charge is -2.29. The molecule has 1 saturated carbocycles. The lowest BCUT2D eigenvalue weighted by molar-refractivity contribution is 0.132. The van der Waals surface area contributed by atoms with Gasteiger partial charge in [-0.15, -0.1) is 10.2 Å². The average molecular weight is 414 g/mol. The predicted octanol–water partition coefficient (Wildman–Crippen LogP) is 4.09. The van der Waals surface area contributed by atoms with E-state index in [9.17, 15) is 13.6 Å². The van der Waals surface area contributed by atoms with Gasteiger partial charge in [0.15, 0.2) is 5.82 Å². The first-order chi connectivity index (χ1) is 13.3. The molecule has 2 unspecified atom stereocenters. The number of fused-ring (bicyclic) bond motifs is 1. The highest BCUT2D eigenvalue weighted by atomic mass is 35.5. The van der Waals surface area contributed by atoms with Crippen molar-refractivity contribution in [3.05, 3.63) is 34.9 Å². The second-order valence-corrected chi connectivity index (χ2v) is 8.16. The summed E-state index contributed by atoms with van der Waals surface area (Å²) in [6, 6.07) is -0.774. The summed E-state index contributed by atoms with van der Waals surface area (Å²) in [5.41, 5.74) is 0.777. The minimum atomic E-state index is -2.69. The van der Waals surface area contributed by atoms with Gasteiger partial charge in [0, 0.05) is 24.0 Å². The van der Waals surface area contributed by atoms with Gasteiger partial charge in [-0.1, -0.05) is 31.0 Å². The van der Waals surface area contributed by atoms with Crippen LogP contribution in [-0.2, 0) is 13.0 Å². The van der Waals surface area contributed by atoms with Gasteiger partial charge in [-0.05, 0) is 43.8 Å². The smallest absolute Gasteiger partial charge is 0.315 e. The zero-order valence-corrected chi connectivity index (χ0v) is 16.7. The maximum Gasteiger partial charge on any atom is 0.315 e. The molecule has 0 bridgehead atoms. The van der Waals surface area contributed by atoms with Crippen LogP contribution >= 0.6 is 11.6 Å². The Morgan fingerprint density at radius 2 is 2.04 bits per heavy atom. The number of aryl methyl sites for hydroxylation is 1. The second-order valence-electron chi connectivity index (χ2n) is 7.57. The summed E-state index contributed by atoms with van der Waals surface area (Å²) in [5, 5.41) is 13.9. The number of urea groups is 1. The summed E-state index contributed by atoms with van der Waals surface area (Å²) in [7, 11) is 0. The van der Waals surface area contributed by atoms with Crippen LogP contribution < -0.4 is 10.6 Å². The van der Waals surface area contributed by atoms with Crippen molar-refractivity contribution >= 4 is 17.6 Å². The Hall–Kier alpha value is -1.96. The summed E-state index contributed by atoms with van der Waals surface area (Å²) in [6.07, 6.45) is 4.56. The maximum atomic E-state index is 13.1. The molecule has 154 valence electrons. The predicted molar refractivity (Wildman–Crippen MR) is 103 cm³/mol. The number of hydrogen-bond acceptors (Lipinski definition) is 3. The van der Waals surface area contributed by atoms with Gasteiger partial charge in [0.1, 0.15) is 5.82 Å². The van der Waals surface area contributed by atoms with Crippen LogP contribution in [0, 0.1) is 5.92 Å². The number of allylic oxidation sites excluding steroid dienone is 1. The Bertz CT molecular complexity index is 754. The average Bonchev–Trinajstić information content (AvgIpc) is 3.28. The molecule has 1 aromatic rings. The first-order valence-electron chi connectivity index (χ1n) is 9.65. The van der Waals surface area contributed by atoms with Crippen molar-refractivity contribution < 1.29 is 13.6 Å². The van der Waals surface area contributed by atoms with Crippen molar-refractivity contribution in [2.75, 3.05) is 0 Å². The van der Waals surface area contributed by atoms with Gasteiger partial charge in [-0.2, -0.15) is 0 Å². The van der Waals surface area contributed by atoms with E-state index in [1.807, 2.05) is 0 Å². The van der Waals surface area contributed by atoms with Crippen molar-refractivity contribution in [1.82, 2.24) is 25.4 Å². The molecule has 2 heterocycles. The molecule has 28 heavy (non-hydrogen) atoms. The molecule has 3 rings (SSSR count). The summed E-state index contributed by atoms with van der Waals surface area (Å²) < 4.78 is 27.5. The molecule has 2 amide bonds. The molecule has 9 heteroatoms. The maximum absolute atomic E-state index is 13.1. The standard InChI is InChI=1S/C19H26ClF2N5O/c1-11(9-12(2)20)16(13-5-3-4-6-13)24-19(28)23-14-7-8-15-25-26-18(17(21)22)27(15)10-14/h9,13-14,16-17H,1,3-8,10H2,2H3,(H2,23,24,28)/b12-9+. The monoisotopic (exact) mass is 413 g/mol. The highest BCUT2D eigenvalue weighted by Gasteiger charge is 2.30. The van der Waals surface area contributed by atoms with E-state index < -0.39 is 6.43 Å². The third-order valence-corrected chi connectivity index (χ3v) is 5.56. The number of alkyl halides is 2. The van der Waals surface area contributed by atoms with E-state index in [0.717, 1.165) is 31.3 Å². The van der Waals surface area contributed by atoms with Gasteiger partial charge < -0.3 is 15.2 Å². The third-order valence-electron chi connectivity index (χ3n) is 5.45. The Morgan fingerprint density at radius 3 is 2.68 bits per heavy atom. The molecule has 2 atom stereocenters. The molecule has 1 fully saturated rings. The van der Waals surface area contributed by atoms with E-state index >= 15 is 0 Å². The van der Waals surface area contributed by atoms with Crippen molar-refractivity contribution in [3.63, 3.8) is 0 Å². The summed E-state index contributed by atoms with van der Waals surface area (Å²) in [6.45, 7) is 6.10. The molecule has 0 saturated heterocycles. The first kappa shape index (κ1) is 20.8. The van der Waals surface area contributed by atoms with E-state index in [-0.39, 0.29) is 30.5 Å². The lowest BCUT2D eigenvalue weighted by Crippen LogP contribution is -2.50. The number of carbonyl (C=O) groups is 1. The Balaban J connectivity index is 1.63. The molecular formula is C19H26ClF2N5O. The third kappa shape index (κ3) is 4.90. The largest absolute Gasteiger partial charge is 0.334 e. The van der Waals surface area contributed by atoms with Crippen molar-refractivity contribution in [2.45, 2.75) is 70.5 Å². The minimum Gasteiger partial charge on any atom is -0.334 e. The highest BCUT2D eigenvalue weighted by molar-refractivity contribution is 6.29. The fourth-order valence-electron chi connectivity index (χ4n) is 4.14. The first-order valence-corrected chi connectivity index (χ1v) is 10.0. The zero-order chi connectivity index (χ0) is 20.3. The number of aromatic nitrogens is 3. The highest BCUT2D eigenvalue weighted by Crippen LogP contribution is 2.31. The van der Waals surface area contributed by atoms with Crippen LogP contribution in [0.25, 0.3) is 0 Å². The number of nitrogens with one attached hydrogen (secondary N) is 2. The molecule has 1 aliphatic heterocycles. The van der Waals surface area contributed by atoms with Crippen LogP contribution in [0.4, 0.5) is 13.6 Å². The van der Waals surface area contributed by atoms with Crippen molar-refractivity contribution in [2.24, 2.45) is 5.92 Å². The van der Waals surface area contributed by atoms with Gasteiger partial charge in [0.2, 0.25) is 0 Å². The van der Waals surface area contributed by atoms with Gasteiger partial charge in [-0.3, -0.25) is 0 Å². The van der Waals surface area contributed by atoms with Crippen molar-refractivity contribution in [3.8, 4) is 0 Å². The number of halogens is 3. The molecule has 1 aromatic heterocycles. The quantitative estimate of drug-likeness (QED) is 0.690. The van der Waals surface area contributed by atoms with Crippen LogP contribution in [-0.4, -0.2) is 32.9 Å². The van der Waals surface area contributed by atoms with Crippen LogP contribution in [0.3, 0.4) is 0 Å². The van der Waals surface area contributed by atoms with E-state index in [0.29, 0.717) is 29.6 Å². The second kappa shape index (κ2) is 9.03. The fourth-order valence-corrected chi connectivity index (χ4v) is 4.28. The number of amides is 2. The minimum absolute atomic E-state index is 0.193. The molecule has 6 nitrogen and oxygen atoms in total. The Labute approximate surface area is 168 Å². The number of nitrogens with zero attached hydrogens (tertiary/aromatic N) is 3. The summed E-state index contributed by atoms with van der Waals surface area (Å²) >= 11 is 5.99. The van der Waals surface area contributed by atoms with Crippen LogP contribution in [0.1, 0.15) is 57.1 Å². The topological polar surface area (TPSA) is 71.8 Å². The number of carbonyl (C=O) groups excluding carboxylic acids is 1. The van der Waals surface area contributed by atoms with Gasteiger partial charge >= 0.3 is 6.03 Å². The zero-order valence-electron chi connectivity index (χ0n) is 15.9. The molecule has 0 aromatic carbocycles. The molecule has 0 radical (unpaired) electrons. The molecule has 2 N–H and O–H groups in total. The number of rotatable bonds is 6.